The van der Waals surface area contributed by atoms with Crippen molar-refractivity contribution >= 4 is 22.6 Å². The molecule has 2 rings (SSSR count). The maximum absolute atomic E-state index is 12.8. The van der Waals surface area contributed by atoms with Gasteiger partial charge in [0.15, 0.2) is 0 Å². The molecule has 0 N–H and O–H groups in total. The summed E-state index contributed by atoms with van der Waals surface area (Å²) >= 11 is 1.84. The summed E-state index contributed by atoms with van der Waals surface area (Å²) in [6.45, 7) is 1.34. The molecule has 23 heavy (non-hydrogen) atoms. The standard InChI is InChI=1S/C17H14F2INO2/c1-3-8-23-12-4-5-13(11(2)9-12)15-7-6-14(20)17(22)21(15)10-16(18)19/h1,4-7,9,16H,8,10H2,2H3. The Hall–Kier alpha value is -1.88. The van der Waals surface area contributed by atoms with E-state index < -0.39 is 18.5 Å². The third-order valence-corrected chi connectivity index (χ3v) is 4.07. The lowest BCUT2D eigenvalue weighted by Gasteiger charge is -2.15. The molecule has 6 heteroatoms. The molecule has 120 valence electrons. The summed E-state index contributed by atoms with van der Waals surface area (Å²) in [5, 5.41) is 0. The summed E-state index contributed by atoms with van der Waals surface area (Å²) in [6.07, 6.45) is 2.54. The SMILES string of the molecule is C#CCOc1ccc(-c2ccc(I)c(=O)n2CC(F)F)c(C)c1. The Kier molecular flexibility index (Phi) is 5.77. The molecule has 3 nitrogen and oxygen atoms in total. The van der Waals surface area contributed by atoms with Crippen LogP contribution in [0.25, 0.3) is 11.3 Å². The molecule has 2 aromatic rings. The van der Waals surface area contributed by atoms with Crippen LogP contribution in [0.3, 0.4) is 0 Å². The number of rotatable bonds is 5. The summed E-state index contributed by atoms with van der Waals surface area (Å²) in [7, 11) is 0. The number of nitrogens with zero attached hydrogens (tertiary/aromatic N) is 1. The zero-order valence-electron chi connectivity index (χ0n) is 12.4. The average Bonchev–Trinajstić information content (AvgIpc) is 2.50. The number of pyridine rings is 1. The van der Waals surface area contributed by atoms with Crippen LogP contribution in [0.5, 0.6) is 5.75 Å². The molecule has 0 atom stereocenters. The van der Waals surface area contributed by atoms with Crippen molar-refractivity contribution in [2.45, 2.75) is 19.9 Å². The van der Waals surface area contributed by atoms with Gasteiger partial charge in [0, 0.05) is 5.56 Å². The van der Waals surface area contributed by atoms with Crippen molar-refractivity contribution < 1.29 is 13.5 Å². The maximum atomic E-state index is 12.8. The van der Waals surface area contributed by atoms with Crippen LogP contribution in [0, 0.1) is 22.8 Å². The molecule has 0 saturated carbocycles. The van der Waals surface area contributed by atoms with Crippen molar-refractivity contribution in [1.29, 1.82) is 0 Å². The van der Waals surface area contributed by atoms with Crippen molar-refractivity contribution in [3.05, 3.63) is 49.8 Å². The first-order chi connectivity index (χ1) is 10.9. The van der Waals surface area contributed by atoms with Crippen molar-refractivity contribution in [2.75, 3.05) is 6.61 Å². The quantitative estimate of drug-likeness (QED) is 0.536. The molecule has 0 radical (unpaired) electrons. The second-order valence-corrected chi connectivity index (χ2v) is 6.01. The van der Waals surface area contributed by atoms with E-state index in [4.69, 9.17) is 11.2 Å². The van der Waals surface area contributed by atoms with Crippen LogP contribution in [0.1, 0.15) is 5.56 Å². The number of hydrogen-bond acceptors (Lipinski definition) is 2. The molecule has 1 heterocycles. The van der Waals surface area contributed by atoms with Crippen LogP contribution < -0.4 is 10.3 Å². The van der Waals surface area contributed by atoms with Crippen LogP contribution in [0.15, 0.2) is 35.1 Å². The number of aryl methyl sites for hydroxylation is 1. The Labute approximate surface area is 146 Å². The summed E-state index contributed by atoms with van der Waals surface area (Å²) in [5.41, 5.74) is 1.54. The van der Waals surface area contributed by atoms with Crippen molar-refractivity contribution in [2.24, 2.45) is 0 Å². The van der Waals surface area contributed by atoms with Gasteiger partial charge in [0.2, 0.25) is 0 Å². The van der Waals surface area contributed by atoms with Gasteiger partial charge >= 0.3 is 0 Å². The Morgan fingerprint density at radius 1 is 1.35 bits per heavy atom. The zero-order valence-corrected chi connectivity index (χ0v) is 14.5. The van der Waals surface area contributed by atoms with Gasteiger partial charge in [-0.15, -0.1) is 6.42 Å². The smallest absolute Gasteiger partial charge is 0.264 e. The molecule has 0 amide bonds. The number of benzene rings is 1. The Morgan fingerprint density at radius 2 is 2.09 bits per heavy atom. The lowest BCUT2D eigenvalue weighted by Crippen LogP contribution is -2.26. The number of halogens is 3. The van der Waals surface area contributed by atoms with Crippen LogP contribution >= 0.6 is 22.6 Å². The predicted molar refractivity (Wildman–Crippen MR) is 93.9 cm³/mol. The highest BCUT2D eigenvalue weighted by Gasteiger charge is 2.15. The van der Waals surface area contributed by atoms with Gasteiger partial charge in [0.25, 0.3) is 12.0 Å². The normalized spacial score (nSPS) is 10.6. The predicted octanol–water partition coefficient (Wildman–Crippen LogP) is 3.71. The van der Waals surface area contributed by atoms with Crippen LogP contribution in [-0.2, 0) is 6.54 Å². The lowest BCUT2D eigenvalue weighted by atomic mass is 10.0. The van der Waals surface area contributed by atoms with E-state index in [1.54, 1.807) is 30.3 Å². The lowest BCUT2D eigenvalue weighted by molar-refractivity contribution is 0.125. The fourth-order valence-corrected chi connectivity index (χ4v) is 2.72. The minimum absolute atomic E-state index is 0.151. The minimum Gasteiger partial charge on any atom is -0.481 e. The molecule has 0 spiro atoms. The molecule has 0 saturated heterocycles. The fraction of sp³-hybridized carbons (Fsp3) is 0.235. The molecule has 0 aliphatic carbocycles. The molecule has 0 aliphatic heterocycles. The summed E-state index contributed by atoms with van der Waals surface area (Å²) < 4.78 is 32.5. The molecular weight excluding hydrogens is 415 g/mol. The van der Waals surface area contributed by atoms with E-state index in [-0.39, 0.29) is 6.61 Å². The Morgan fingerprint density at radius 3 is 2.70 bits per heavy atom. The highest BCUT2D eigenvalue weighted by molar-refractivity contribution is 14.1. The summed E-state index contributed by atoms with van der Waals surface area (Å²) in [6, 6.07) is 8.51. The van der Waals surface area contributed by atoms with E-state index in [9.17, 15) is 13.6 Å². The zero-order chi connectivity index (χ0) is 17.0. The van der Waals surface area contributed by atoms with Crippen molar-refractivity contribution in [3.63, 3.8) is 0 Å². The van der Waals surface area contributed by atoms with Gasteiger partial charge in [-0.05, 0) is 65.4 Å². The fourth-order valence-electron chi connectivity index (χ4n) is 2.24. The number of aromatic nitrogens is 1. The van der Waals surface area contributed by atoms with Crippen molar-refractivity contribution in [3.8, 4) is 29.4 Å². The number of terminal acetylenes is 1. The molecule has 0 aliphatic rings. The van der Waals surface area contributed by atoms with E-state index in [0.717, 1.165) is 10.1 Å². The second kappa shape index (κ2) is 7.59. The van der Waals surface area contributed by atoms with Gasteiger partial charge in [-0.1, -0.05) is 5.92 Å². The van der Waals surface area contributed by atoms with Gasteiger partial charge < -0.3 is 9.30 Å². The maximum Gasteiger partial charge on any atom is 0.264 e. The van der Waals surface area contributed by atoms with Crippen molar-refractivity contribution in [1.82, 2.24) is 4.57 Å². The highest BCUT2D eigenvalue weighted by Crippen LogP contribution is 2.27. The Bertz CT molecular complexity index is 809. The minimum atomic E-state index is -2.61. The first kappa shape index (κ1) is 17.5. The van der Waals surface area contributed by atoms with Gasteiger partial charge in [-0.25, -0.2) is 8.78 Å². The van der Waals surface area contributed by atoms with Gasteiger partial charge in [-0.2, -0.15) is 0 Å². The average molecular weight is 429 g/mol. The van der Waals surface area contributed by atoms with Crippen LogP contribution in [0.4, 0.5) is 8.78 Å². The molecule has 1 aromatic heterocycles. The van der Waals surface area contributed by atoms with Gasteiger partial charge in [0.1, 0.15) is 12.4 Å². The molecule has 0 fully saturated rings. The second-order valence-electron chi connectivity index (χ2n) is 4.84. The molecular formula is C17H14F2INO2. The van der Waals surface area contributed by atoms with Gasteiger partial charge in [-0.3, -0.25) is 4.79 Å². The van der Waals surface area contributed by atoms with E-state index >= 15 is 0 Å². The first-order valence-corrected chi connectivity index (χ1v) is 7.86. The van der Waals surface area contributed by atoms with Crippen LogP contribution in [0.2, 0.25) is 0 Å². The molecule has 1 aromatic carbocycles. The number of ether oxygens (including phenoxy) is 1. The third-order valence-electron chi connectivity index (χ3n) is 3.24. The number of hydrogen-bond donors (Lipinski definition) is 0. The van der Waals surface area contributed by atoms with E-state index in [1.165, 1.54) is 0 Å². The summed E-state index contributed by atoms with van der Waals surface area (Å²) in [5.74, 6) is 2.97. The largest absolute Gasteiger partial charge is 0.481 e. The van der Waals surface area contributed by atoms with Crippen LogP contribution in [-0.4, -0.2) is 17.6 Å². The summed E-state index contributed by atoms with van der Waals surface area (Å²) in [4.78, 5) is 12.2. The highest BCUT2D eigenvalue weighted by atomic mass is 127. The Balaban J connectivity index is 2.52. The monoisotopic (exact) mass is 429 g/mol. The van der Waals surface area contributed by atoms with E-state index in [0.29, 0.717) is 20.6 Å². The van der Waals surface area contributed by atoms with Gasteiger partial charge in [0.05, 0.1) is 15.8 Å². The van der Waals surface area contributed by atoms with E-state index in [2.05, 4.69) is 5.92 Å². The first-order valence-electron chi connectivity index (χ1n) is 6.78. The molecule has 0 unspecified atom stereocenters. The topological polar surface area (TPSA) is 31.2 Å². The third kappa shape index (κ3) is 4.10. The number of alkyl halides is 2. The molecule has 0 bridgehead atoms. The van der Waals surface area contributed by atoms with E-state index in [1.807, 2.05) is 29.5 Å².